The van der Waals surface area contributed by atoms with Crippen molar-refractivity contribution in [1.82, 2.24) is 9.71 Å². The molecule has 7 heteroatoms. The predicted molar refractivity (Wildman–Crippen MR) is 78.3 cm³/mol. The van der Waals surface area contributed by atoms with Crippen molar-refractivity contribution < 1.29 is 18.3 Å². The summed E-state index contributed by atoms with van der Waals surface area (Å²) < 4.78 is 26.8. The summed E-state index contributed by atoms with van der Waals surface area (Å²) in [6.45, 7) is 3.28. The average molecular weight is 308 g/mol. The molecule has 0 bridgehead atoms. The van der Waals surface area contributed by atoms with Crippen molar-refractivity contribution in [2.45, 2.75) is 24.8 Å². The number of aromatic nitrogens is 1. The largest absolute Gasteiger partial charge is 0.480 e. The van der Waals surface area contributed by atoms with Gasteiger partial charge in [-0.2, -0.15) is 4.72 Å². The number of sulfonamides is 1. The summed E-state index contributed by atoms with van der Waals surface area (Å²) in [5, 5.41) is 9.76. The quantitative estimate of drug-likeness (QED) is 0.875. The van der Waals surface area contributed by atoms with Crippen LogP contribution in [-0.2, 0) is 14.8 Å². The SMILES string of the molecule is CC(C)C(NS(=O)(=O)c1cnc2ccccc2c1)C(=O)O. The highest BCUT2D eigenvalue weighted by Crippen LogP contribution is 2.17. The Kier molecular flexibility index (Phi) is 4.24. The maximum Gasteiger partial charge on any atom is 0.322 e. The molecule has 1 aromatic heterocycles. The van der Waals surface area contributed by atoms with Crippen LogP contribution in [0.4, 0.5) is 0 Å². The van der Waals surface area contributed by atoms with Crippen molar-refractivity contribution in [2.75, 3.05) is 0 Å². The van der Waals surface area contributed by atoms with E-state index in [1.807, 2.05) is 0 Å². The number of rotatable bonds is 5. The summed E-state index contributed by atoms with van der Waals surface area (Å²) in [5.74, 6) is -1.58. The molecule has 2 rings (SSSR count). The Hall–Kier alpha value is -1.99. The standard InChI is InChI=1S/C14H16N2O4S/c1-9(2)13(14(17)18)16-21(19,20)11-7-10-5-3-4-6-12(10)15-8-11/h3-9,13,16H,1-2H3,(H,17,18). The summed E-state index contributed by atoms with van der Waals surface area (Å²) >= 11 is 0. The fraction of sp³-hybridized carbons (Fsp3) is 0.286. The van der Waals surface area contributed by atoms with E-state index in [1.165, 1.54) is 12.3 Å². The van der Waals surface area contributed by atoms with Crippen LogP contribution in [0.1, 0.15) is 13.8 Å². The Morgan fingerprint density at radius 2 is 1.95 bits per heavy atom. The average Bonchev–Trinajstić information content (AvgIpc) is 2.43. The van der Waals surface area contributed by atoms with E-state index in [-0.39, 0.29) is 10.8 Å². The third-order valence-corrected chi connectivity index (χ3v) is 4.50. The van der Waals surface area contributed by atoms with E-state index in [0.29, 0.717) is 10.9 Å². The first-order valence-electron chi connectivity index (χ1n) is 6.41. The molecule has 1 aromatic carbocycles. The van der Waals surface area contributed by atoms with E-state index in [9.17, 15) is 13.2 Å². The molecule has 0 saturated heterocycles. The molecule has 112 valence electrons. The molecule has 0 aliphatic carbocycles. The van der Waals surface area contributed by atoms with Crippen LogP contribution < -0.4 is 4.72 Å². The van der Waals surface area contributed by atoms with Crippen LogP contribution in [-0.4, -0.2) is 30.5 Å². The molecule has 0 fully saturated rings. The maximum atomic E-state index is 12.3. The molecule has 0 spiro atoms. The minimum absolute atomic E-state index is 0.0481. The Bertz CT molecular complexity index is 771. The molecule has 6 nitrogen and oxygen atoms in total. The lowest BCUT2D eigenvalue weighted by Crippen LogP contribution is -2.44. The van der Waals surface area contributed by atoms with Gasteiger partial charge < -0.3 is 5.11 Å². The van der Waals surface area contributed by atoms with Crippen molar-refractivity contribution in [3.63, 3.8) is 0 Å². The van der Waals surface area contributed by atoms with Gasteiger partial charge in [-0.05, 0) is 18.1 Å². The smallest absolute Gasteiger partial charge is 0.322 e. The predicted octanol–water partition coefficient (Wildman–Crippen LogP) is 1.62. The molecule has 0 aliphatic rings. The number of hydrogen-bond donors (Lipinski definition) is 2. The van der Waals surface area contributed by atoms with Gasteiger partial charge in [0.2, 0.25) is 10.0 Å². The van der Waals surface area contributed by atoms with Crippen molar-refractivity contribution in [3.05, 3.63) is 36.5 Å². The molecular formula is C14H16N2O4S. The lowest BCUT2D eigenvalue weighted by molar-refractivity contribution is -0.140. The Morgan fingerprint density at radius 1 is 1.29 bits per heavy atom. The molecule has 2 N–H and O–H groups in total. The summed E-state index contributed by atoms with van der Waals surface area (Å²) in [7, 11) is -3.93. The van der Waals surface area contributed by atoms with Crippen LogP contribution in [0.2, 0.25) is 0 Å². The number of aliphatic carboxylic acids is 1. The zero-order valence-corrected chi connectivity index (χ0v) is 12.5. The molecular weight excluding hydrogens is 292 g/mol. The zero-order valence-electron chi connectivity index (χ0n) is 11.6. The van der Waals surface area contributed by atoms with Gasteiger partial charge >= 0.3 is 5.97 Å². The summed E-state index contributed by atoms with van der Waals surface area (Å²) in [6, 6.07) is 7.40. The van der Waals surface area contributed by atoms with Crippen LogP contribution >= 0.6 is 0 Å². The molecule has 0 amide bonds. The molecule has 1 unspecified atom stereocenters. The molecule has 1 heterocycles. The van der Waals surface area contributed by atoms with Crippen molar-refractivity contribution in [1.29, 1.82) is 0 Å². The van der Waals surface area contributed by atoms with Gasteiger partial charge in [-0.1, -0.05) is 32.0 Å². The number of para-hydroxylation sites is 1. The number of nitrogens with one attached hydrogen (secondary N) is 1. The second-order valence-corrected chi connectivity index (χ2v) is 6.76. The normalized spacial score (nSPS) is 13.5. The van der Waals surface area contributed by atoms with E-state index in [4.69, 9.17) is 5.11 Å². The van der Waals surface area contributed by atoms with Gasteiger partial charge in [0.05, 0.1) is 5.52 Å². The maximum absolute atomic E-state index is 12.3. The van der Waals surface area contributed by atoms with E-state index in [2.05, 4.69) is 9.71 Å². The van der Waals surface area contributed by atoms with Gasteiger partial charge in [0.25, 0.3) is 0 Å². The van der Waals surface area contributed by atoms with Gasteiger partial charge in [-0.3, -0.25) is 9.78 Å². The summed E-state index contributed by atoms with van der Waals surface area (Å²) in [6.07, 6.45) is 1.23. The van der Waals surface area contributed by atoms with Crippen LogP contribution in [0, 0.1) is 5.92 Å². The number of pyridine rings is 1. The summed E-state index contributed by atoms with van der Waals surface area (Å²) in [5.41, 5.74) is 0.676. The van der Waals surface area contributed by atoms with Crippen molar-refractivity contribution in [3.8, 4) is 0 Å². The monoisotopic (exact) mass is 308 g/mol. The molecule has 21 heavy (non-hydrogen) atoms. The third kappa shape index (κ3) is 3.37. The van der Waals surface area contributed by atoms with E-state index < -0.39 is 22.0 Å². The Balaban J connectivity index is 2.39. The van der Waals surface area contributed by atoms with Gasteiger partial charge in [-0.15, -0.1) is 0 Å². The fourth-order valence-electron chi connectivity index (χ4n) is 1.90. The minimum Gasteiger partial charge on any atom is -0.480 e. The number of nitrogens with zero attached hydrogens (tertiary/aromatic N) is 1. The van der Waals surface area contributed by atoms with E-state index >= 15 is 0 Å². The van der Waals surface area contributed by atoms with Crippen LogP contribution in [0.3, 0.4) is 0 Å². The molecule has 2 aromatic rings. The van der Waals surface area contributed by atoms with Gasteiger partial charge in [-0.25, -0.2) is 8.42 Å². The van der Waals surface area contributed by atoms with Crippen molar-refractivity contribution in [2.24, 2.45) is 5.92 Å². The van der Waals surface area contributed by atoms with Gasteiger partial charge in [0.15, 0.2) is 0 Å². The second kappa shape index (κ2) is 5.79. The number of benzene rings is 1. The lowest BCUT2D eigenvalue weighted by atomic mass is 10.1. The number of carboxylic acids is 1. The topological polar surface area (TPSA) is 96.4 Å². The minimum atomic E-state index is -3.93. The van der Waals surface area contributed by atoms with Gasteiger partial charge in [0.1, 0.15) is 10.9 Å². The Morgan fingerprint density at radius 3 is 2.57 bits per heavy atom. The number of carbonyl (C=O) groups is 1. The number of fused-ring (bicyclic) bond motifs is 1. The fourth-order valence-corrected chi connectivity index (χ4v) is 3.22. The summed E-state index contributed by atoms with van der Waals surface area (Å²) in [4.78, 5) is 15.1. The van der Waals surface area contributed by atoms with Crippen LogP contribution in [0.25, 0.3) is 10.9 Å². The first kappa shape index (κ1) is 15.4. The lowest BCUT2D eigenvalue weighted by Gasteiger charge is -2.17. The van der Waals surface area contributed by atoms with Gasteiger partial charge in [0, 0.05) is 11.6 Å². The van der Waals surface area contributed by atoms with E-state index in [0.717, 1.165) is 0 Å². The number of carboxylic acid groups (broad SMARTS) is 1. The number of hydrogen-bond acceptors (Lipinski definition) is 4. The second-order valence-electron chi connectivity index (χ2n) is 5.04. The van der Waals surface area contributed by atoms with Crippen molar-refractivity contribution >= 4 is 26.9 Å². The molecule has 0 radical (unpaired) electrons. The highest BCUT2D eigenvalue weighted by molar-refractivity contribution is 7.89. The van der Waals surface area contributed by atoms with Crippen LogP contribution in [0.5, 0.6) is 0 Å². The third-order valence-electron chi connectivity index (χ3n) is 3.09. The first-order valence-corrected chi connectivity index (χ1v) is 7.89. The molecule has 0 saturated carbocycles. The highest BCUT2D eigenvalue weighted by atomic mass is 32.2. The zero-order chi connectivity index (χ0) is 15.6. The first-order chi connectivity index (χ1) is 9.81. The van der Waals surface area contributed by atoms with E-state index in [1.54, 1.807) is 38.1 Å². The van der Waals surface area contributed by atoms with Crippen LogP contribution in [0.15, 0.2) is 41.4 Å². The molecule has 0 aliphatic heterocycles. The Labute approximate surface area is 122 Å². The highest BCUT2D eigenvalue weighted by Gasteiger charge is 2.28. The molecule has 1 atom stereocenters.